The SMILES string of the molecule is CNC1(C(=O)O)CCCC1CCN1CCC(C)C1. The lowest BCUT2D eigenvalue weighted by atomic mass is 9.84. The van der Waals surface area contributed by atoms with E-state index in [0.717, 1.165) is 38.1 Å². The van der Waals surface area contributed by atoms with Crippen LogP contribution in [0, 0.1) is 11.8 Å². The van der Waals surface area contributed by atoms with Crippen LogP contribution in [-0.4, -0.2) is 48.2 Å². The molecule has 2 rings (SSSR count). The molecule has 18 heavy (non-hydrogen) atoms. The molecule has 0 aromatic rings. The van der Waals surface area contributed by atoms with Gasteiger partial charge < -0.3 is 15.3 Å². The number of likely N-dealkylation sites (tertiary alicyclic amines) is 1. The third-order valence-electron chi connectivity index (χ3n) is 4.95. The van der Waals surface area contributed by atoms with Crippen molar-refractivity contribution in [3.63, 3.8) is 0 Å². The summed E-state index contributed by atoms with van der Waals surface area (Å²) in [6.07, 6.45) is 5.17. The number of carbonyl (C=O) groups is 1. The molecule has 3 atom stereocenters. The van der Waals surface area contributed by atoms with Crippen molar-refractivity contribution in [3.8, 4) is 0 Å². The highest BCUT2D eigenvalue weighted by atomic mass is 16.4. The topological polar surface area (TPSA) is 52.6 Å². The summed E-state index contributed by atoms with van der Waals surface area (Å²) >= 11 is 0. The van der Waals surface area contributed by atoms with Crippen molar-refractivity contribution in [2.45, 2.75) is 44.6 Å². The van der Waals surface area contributed by atoms with Crippen molar-refractivity contribution >= 4 is 5.97 Å². The summed E-state index contributed by atoms with van der Waals surface area (Å²) in [7, 11) is 1.80. The summed E-state index contributed by atoms with van der Waals surface area (Å²) < 4.78 is 0. The van der Waals surface area contributed by atoms with Gasteiger partial charge in [0.1, 0.15) is 5.54 Å². The fourth-order valence-electron chi connectivity index (χ4n) is 3.75. The summed E-state index contributed by atoms with van der Waals surface area (Å²) in [5, 5.41) is 12.6. The molecular formula is C14H26N2O2. The van der Waals surface area contributed by atoms with E-state index in [1.807, 2.05) is 0 Å². The number of nitrogens with one attached hydrogen (secondary N) is 1. The van der Waals surface area contributed by atoms with Crippen LogP contribution in [0.15, 0.2) is 0 Å². The Morgan fingerprint density at radius 2 is 2.28 bits per heavy atom. The lowest BCUT2D eigenvalue weighted by Crippen LogP contribution is -2.53. The van der Waals surface area contributed by atoms with Gasteiger partial charge in [-0.3, -0.25) is 4.79 Å². The smallest absolute Gasteiger partial charge is 0.324 e. The van der Waals surface area contributed by atoms with Gasteiger partial charge in [-0.25, -0.2) is 0 Å². The third kappa shape index (κ3) is 2.54. The molecule has 1 saturated carbocycles. The zero-order valence-corrected chi connectivity index (χ0v) is 11.6. The zero-order chi connectivity index (χ0) is 13.2. The molecule has 3 unspecified atom stereocenters. The van der Waals surface area contributed by atoms with Gasteiger partial charge in [0.05, 0.1) is 0 Å². The van der Waals surface area contributed by atoms with E-state index >= 15 is 0 Å². The molecule has 0 spiro atoms. The maximum atomic E-state index is 11.5. The van der Waals surface area contributed by atoms with Crippen LogP contribution in [0.3, 0.4) is 0 Å². The van der Waals surface area contributed by atoms with E-state index in [-0.39, 0.29) is 5.92 Å². The van der Waals surface area contributed by atoms with Crippen LogP contribution in [-0.2, 0) is 4.79 Å². The third-order valence-corrected chi connectivity index (χ3v) is 4.95. The van der Waals surface area contributed by atoms with Gasteiger partial charge in [0, 0.05) is 6.54 Å². The van der Waals surface area contributed by atoms with Crippen molar-refractivity contribution in [2.75, 3.05) is 26.7 Å². The molecule has 0 radical (unpaired) electrons. The molecule has 2 aliphatic rings. The summed E-state index contributed by atoms with van der Waals surface area (Å²) in [4.78, 5) is 14.0. The van der Waals surface area contributed by atoms with Crippen LogP contribution in [0.4, 0.5) is 0 Å². The molecule has 4 nitrogen and oxygen atoms in total. The van der Waals surface area contributed by atoms with Crippen LogP contribution < -0.4 is 5.32 Å². The van der Waals surface area contributed by atoms with E-state index in [9.17, 15) is 9.90 Å². The van der Waals surface area contributed by atoms with Crippen molar-refractivity contribution in [3.05, 3.63) is 0 Å². The van der Waals surface area contributed by atoms with Crippen LogP contribution in [0.25, 0.3) is 0 Å². The Morgan fingerprint density at radius 3 is 2.83 bits per heavy atom. The van der Waals surface area contributed by atoms with Gasteiger partial charge in [-0.2, -0.15) is 0 Å². The van der Waals surface area contributed by atoms with Crippen molar-refractivity contribution in [1.82, 2.24) is 10.2 Å². The first-order valence-electron chi connectivity index (χ1n) is 7.23. The highest BCUT2D eigenvalue weighted by Gasteiger charge is 2.47. The molecule has 0 aromatic carbocycles. The highest BCUT2D eigenvalue weighted by Crippen LogP contribution is 2.38. The molecular weight excluding hydrogens is 228 g/mol. The predicted molar refractivity (Wildman–Crippen MR) is 71.6 cm³/mol. The van der Waals surface area contributed by atoms with E-state index in [0.29, 0.717) is 0 Å². The van der Waals surface area contributed by atoms with Gasteiger partial charge in [-0.1, -0.05) is 13.3 Å². The Hall–Kier alpha value is -0.610. The summed E-state index contributed by atoms with van der Waals surface area (Å²) in [5.74, 6) is 0.431. The maximum absolute atomic E-state index is 11.5. The summed E-state index contributed by atoms with van der Waals surface area (Å²) in [6.45, 7) is 5.73. The maximum Gasteiger partial charge on any atom is 0.324 e. The average molecular weight is 254 g/mol. The number of hydrogen-bond donors (Lipinski definition) is 2. The van der Waals surface area contributed by atoms with Crippen LogP contribution >= 0.6 is 0 Å². The number of likely N-dealkylation sites (N-methyl/N-ethyl adjacent to an activating group) is 1. The Labute approximate surface area is 110 Å². The van der Waals surface area contributed by atoms with Crippen molar-refractivity contribution < 1.29 is 9.90 Å². The van der Waals surface area contributed by atoms with Crippen LogP contribution in [0.1, 0.15) is 39.0 Å². The fraction of sp³-hybridized carbons (Fsp3) is 0.929. The number of carboxylic acid groups (broad SMARTS) is 1. The second kappa shape index (κ2) is 5.57. The number of hydrogen-bond acceptors (Lipinski definition) is 3. The lowest BCUT2D eigenvalue weighted by molar-refractivity contribution is -0.146. The van der Waals surface area contributed by atoms with Crippen LogP contribution in [0.2, 0.25) is 0 Å². The fourth-order valence-corrected chi connectivity index (χ4v) is 3.75. The van der Waals surface area contributed by atoms with E-state index < -0.39 is 11.5 Å². The molecule has 2 N–H and O–H groups in total. The van der Waals surface area contributed by atoms with Gasteiger partial charge in [-0.05, 0) is 57.7 Å². The zero-order valence-electron chi connectivity index (χ0n) is 11.6. The Bertz CT molecular complexity index is 308. The summed E-state index contributed by atoms with van der Waals surface area (Å²) in [5.41, 5.74) is -0.661. The first-order valence-corrected chi connectivity index (χ1v) is 7.23. The molecule has 1 saturated heterocycles. The minimum Gasteiger partial charge on any atom is -0.480 e. The van der Waals surface area contributed by atoms with Gasteiger partial charge >= 0.3 is 5.97 Å². The van der Waals surface area contributed by atoms with E-state index in [4.69, 9.17) is 0 Å². The molecule has 2 fully saturated rings. The Morgan fingerprint density at radius 1 is 1.50 bits per heavy atom. The van der Waals surface area contributed by atoms with Crippen molar-refractivity contribution in [1.29, 1.82) is 0 Å². The summed E-state index contributed by atoms with van der Waals surface area (Å²) in [6, 6.07) is 0. The molecule has 0 aromatic heterocycles. The van der Waals surface area contributed by atoms with Gasteiger partial charge in [-0.15, -0.1) is 0 Å². The van der Waals surface area contributed by atoms with Gasteiger partial charge in [0.2, 0.25) is 0 Å². The van der Waals surface area contributed by atoms with E-state index in [1.54, 1.807) is 7.05 Å². The largest absolute Gasteiger partial charge is 0.480 e. The van der Waals surface area contributed by atoms with Gasteiger partial charge in [0.15, 0.2) is 0 Å². The standard InChI is InChI=1S/C14H26N2O2/c1-11-5-8-16(10-11)9-6-12-4-3-7-14(12,15-2)13(17)18/h11-12,15H,3-10H2,1-2H3,(H,17,18). The minimum atomic E-state index is -0.665. The predicted octanol–water partition coefficient (Wildman–Crippen LogP) is 1.56. The molecule has 4 heteroatoms. The van der Waals surface area contributed by atoms with Gasteiger partial charge in [0.25, 0.3) is 0 Å². The minimum absolute atomic E-state index is 0.288. The number of aliphatic carboxylic acids is 1. The second-order valence-electron chi connectivity index (χ2n) is 6.10. The molecule has 1 aliphatic carbocycles. The Kier molecular flexibility index (Phi) is 4.28. The molecule has 1 heterocycles. The second-order valence-corrected chi connectivity index (χ2v) is 6.10. The molecule has 0 bridgehead atoms. The highest BCUT2D eigenvalue weighted by molar-refractivity contribution is 5.79. The number of nitrogens with zero attached hydrogens (tertiary/aromatic N) is 1. The quantitative estimate of drug-likeness (QED) is 0.782. The molecule has 0 amide bonds. The number of rotatable bonds is 5. The van der Waals surface area contributed by atoms with E-state index in [1.165, 1.54) is 19.5 Å². The Balaban J connectivity index is 1.89. The van der Waals surface area contributed by atoms with Crippen molar-refractivity contribution in [2.24, 2.45) is 11.8 Å². The number of carboxylic acids is 1. The molecule has 104 valence electrons. The molecule has 1 aliphatic heterocycles. The average Bonchev–Trinajstić information content (AvgIpc) is 2.92. The first kappa shape index (κ1) is 13.8. The monoisotopic (exact) mass is 254 g/mol. The van der Waals surface area contributed by atoms with E-state index in [2.05, 4.69) is 17.1 Å². The first-order chi connectivity index (χ1) is 8.58. The van der Waals surface area contributed by atoms with Crippen LogP contribution in [0.5, 0.6) is 0 Å². The normalized spacial score (nSPS) is 37.2. The lowest BCUT2D eigenvalue weighted by Gasteiger charge is -2.32.